The molecule has 0 bridgehead atoms. The predicted molar refractivity (Wildman–Crippen MR) is 108 cm³/mol. The molecule has 3 aromatic rings. The molecule has 0 radical (unpaired) electrons. The summed E-state index contributed by atoms with van der Waals surface area (Å²) in [6.45, 7) is 7.01. The van der Waals surface area contributed by atoms with Crippen LogP contribution in [0.5, 0.6) is 0 Å². The van der Waals surface area contributed by atoms with E-state index in [1.165, 1.54) is 0 Å². The van der Waals surface area contributed by atoms with Crippen LogP contribution >= 0.6 is 0 Å². The molecule has 0 spiro atoms. The molecule has 0 saturated carbocycles. The van der Waals surface area contributed by atoms with E-state index < -0.39 is 11.6 Å². The Bertz CT molecular complexity index is 935. The van der Waals surface area contributed by atoms with E-state index in [9.17, 15) is 8.78 Å². The summed E-state index contributed by atoms with van der Waals surface area (Å²) in [5, 5.41) is 3.37. The van der Waals surface area contributed by atoms with Gasteiger partial charge in [-0.2, -0.15) is 0 Å². The zero-order chi connectivity index (χ0) is 20.3. The van der Waals surface area contributed by atoms with Crippen molar-refractivity contribution in [2.75, 3.05) is 17.3 Å². The van der Waals surface area contributed by atoms with Crippen LogP contribution in [0.15, 0.2) is 48.9 Å². The number of hydrogen-bond donors (Lipinski definition) is 1. The van der Waals surface area contributed by atoms with Gasteiger partial charge in [0, 0.05) is 25.6 Å². The molecule has 1 unspecified atom stereocenters. The average molecular weight is 385 g/mol. The van der Waals surface area contributed by atoms with Crippen molar-refractivity contribution < 1.29 is 8.78 Å². The number of nitrogens with zero attached hydrogens (tertiary/aromatic N) is 4. The Hall–Kier alpha value is -2.96. The number of imidazole rings is 1. The summed E-state index contributed by atoms with van der Waals surface area (Å²) >= 11 is 0. The highest BCUT2D eigenvalue weighted by atomic mass is 19.1. The average Bonchev–Trinajstić information content (AvgIpc) is 3.22. The van der Waals surface area contributed by atoms with Crippen LogP contribution in [-0.2, 0) is 6.54 Å². The number of hydrogen-bond acceptors (Lipinski definition) is 4. The van der Waals surface area contributed by atoms with Crippen molar-refractivity contribution in [1.29, 1.82) is 0 Å². The maximum atomic E-state index is 14.1. The molecule has 4 rings (SSSR count). The number of nitrogens with one attached hydrogen (secondary N) is 1. The minimum Gasteiger partial charge on any atom is -0.361 e. The molecule has 28 heavy (non-hydrogen) atoms. The first-order valence-corrected chi connectivity index (χ1v) is 9.27. The third-order valence-electron chi connectivity index (χ3n) is 4.16. The van der Waals surface area contributed by atoms with Gasteiger partial charge < -0.3 is 14.8 Å². The minimum absolute atomic E-state index is 0.0560. The Balaban J connectivity index is 0.000000516. The monoisotopic (exact) mass is 385 g/mol. The number of pyridine rings is 1. The molecule has 1 aliphatic heterocycles. The maximum absolute atomic E-state index is 14.1. The van der Waals surface area contributed by atoms with Crippen LogP contribution in [0.25, 0.3) is 11.4 Å². The van der Waals surface area contributed by atoms with Gasteiger partial charge in [0.15, 0.2) is 5.82 Å². The van der Waals surface area contributed by atoms with Gasteiger partial charge in [-0.3, -0.25) is 0 Å². The molecule has 148 valence electrons. The second-order valence-electron chi connectivity index (χ2n) is 7.41. The summed E-state index contributed by atoms with van der Waals surface area (Å²) in [5.41, 5.74) is 1.10. The molecule has 3 heterocycles. The lowest BCUT2D eigenvalue weighted by Gasteiger charge is -2.22. The molecule has 1 N–H and O–H groups in total. The Kier molecular flexibility index (Phi) is 5.92. The van der Waals surface area contributed by atoms with Gasteiger partial charge in [0.25, 0.3) is 0 Å². The summed E-state index contributed by atoms with van der Waals surface area (Å²) in [6.07, 6.45) is 5.02. The van der Waals surface area contributed by atoms with E-state index in [1.807, 2.05) is 24.1 Å². The number of rotatable bonds is 3. The second kappa shape index (κ2) is 8.37. The Morgan fingerprint density at radius 3 is 2.57 bits per heavy atom. The van der Waals surface area contributed by atoms with Crippen LogP contribution in [0.1, 0.15) is 20.8 Å². The highest BCUT2D eigenvalue weighted by molar-refractivity contribution is 5.71. The van der Waals surface area contributed by atoms with E-state index in [-0.39, 0.29) is 11.7 Å². The number of benzene rings is 1. The third-order valence-corrected chi connectivity index (χ3v) is 4.16. The van der Waals surface area contributed by atoms with Crippen molar-refractivity contribution in [2.24, 2.45) is 5.92 Å². The van der Waals surface area contributed by atoms with Crippen LogP contribution in [-0.4, -0.2) is 27.7 Å². The van der Waals surface area contributed by atoms with Crippen molar-refractivity contribution >= 4 is 11.5 Å². The molecule has 0 saturated heterocycles. The Morgan fingerprint density at radius 2 is 1.86 bits per heavy atom. The number of halogens is 2. The summed E-state index contributed by atoms with van der Waals surface area (Å²) in [5.74, 6) is 1.10. The summed E-state index contributed by atoms with van der Waals surface area (Å²) in [7, 11) is 1.94. The fraction of sp³-hybridized carbons (Fsp3) is 0.333. The quantitative estimate of drug-likeness (QED) is 0.705. The van der Waals surface area contributed by atoms with E-state index in [0.29, 0.717) is 12.4 Å². The lowest BCUT2D eigenvalue weighted by molar-refractivity contribution is 0.580. The Morgan fingerprint density at radius 1 is 1.11 bits per heavy atom. The van der Waals surface area contributed by atoms with Crippen LogP contribution in [0.4, 0.5) is 20.3 Å². The molecule has 1 aliphatic rings. The fourth-order valence-electron chi connectivity index (χ4n) is 2.94. The van der Waals surface area contributed by atoms with E-state index in [4.69, 9.17) is 0 Å². The van der Waals surface area contributed by atoms with Crippen LogP contribution in [0.2, 0.25) is 0 Å². The van der Waals surface area contributed by atoms with Crippen LogP contribution < -0.4 is 10.2 Å². The first-order valence-electron chi connectivity index (χ1n) is 9.27. The van der Waals surface area contributed by atoms with E-state index >= 15 is 0 Å². The molecule has 0 fully saturated rings. The predicted octanol–water partition coefficient (Wildman–Crippen LogP) is 4.77. The highest BCUT2D eigenvalue weighted by Crippen LogP contribution is 2.31. The highest BCUT2D eigenvalue weighted by Gasteiger charge is 2.27. The van der Waals surface area contributed by atoms with Crippen molar-refractivity contribution in [3.63, 3.8) is 0 Å². The zero-order valence-corrected chi connectivity index (χ0v) is 16.5. The summed E-state index contributed by atoms with van der Waals surface area (Å²) in [6, 6.07) is 7.20. The SMILES string of the molecule is CC(C)C.CN1c2ncccc2NC1Cn1ccnc1-c1cc(F)ccc1F. The van der Waals surface area contributed by atoms with Crippen molar-refractivity contribution in [3.8, 4) is 11.4 Å². The van der Waals surface area contributed by atoms with Gasteiger partial charge in [0.05, 0.1) is 17.8 Å². The smallest absolute Gasteiger partial charge is 0.153 e. The van der Waals surface area contributed by atoms with Gasteiger partial charge in [0.2, 0.25) is 0 Å². The van der Waals surface area contributed by atoms with E-state index in [0.717, 1.165) is 35.6 Å². The molecule has 7 heteroatoms. The van der Waals surface area contributed by atoms with Crippen molar-refractivity contribution in [1.82, 2.24) is 14.5 Å². The van der Waals surface area contributed by atoms with Gasteiger partial charge in [-0.1, -0.05) is 20.8 Å². The van der Waals surface area contributed by atoms with E-state index in [1.54, 1.807) is 23.2 Å². The van der Waals surface area contributed by atoms with Crippen LogP contribution in [0.3, 0.4) is 0 Å². The van der Waals surface area contributed by atoms with Gasteiger partial charge in [-0.25, -0.2) is 18.7 Å². The molecule has 0 amide bonds. The zero-order valence-electron chi connectivity index (χ0n) is 16.5. The molecule has 2 aromatic heterocycles. The normalized spacial score (nSPS) is 15.1. The van der Waals surface area contributed by atoms with Crippen LogP contribution in [0, 0.1) is 17.6 Å². The molecule has 1 atom stereocenters. The first-order chi connectivity index (χ1) is 13.4. The molecular weight excluding hydrogens is 360 g/mol. The van der Waals surface area contributed by atoms with E-state index in [2.05, 4.69) is 36.1 Å². The topological polar surface area (TPSA) is 46.0 Å². The van der Waals surface area contributed by atoms with Crippen molar-refractivity contribution in [3.05, 3.63) is 60.6 Å². The standard InChI is InChI=1S/C17H15F2N5.C4H10/c1-23-15(22-14-3-2-6-20-17(14)23)10-24-8-7-21-16(24)12-9-11(18)4-5-13(12)19;1-4(2)3/h2-9,15,22H,10H2,1H3;4H,1-3H3. The van der Waals surface area contributed by atoms with Gasteiger partial charge >= 0.3 is 0 Å². The molecule has 0 aliphatic carbocycles. The first kappa shape index (κ1) is 19.8. The minimum atomic E-state index is -0.499. The maximum Gasteiger partial charge on any atom is 0.153 e. The number of anilines is 2. The van der Waals surface area contributed by atoms with Gasteiger partial charge in [-0.05, 0) is 36.2 Å². The number of likely N-dealkylation sites (N-methyl/N-ethyl adjacent to an activating group) is 1. The lowest BCUT2D eigenvalue weighted by atomic mass is 10.2. The molecular formula is C21H25F2N5. The number of fused-ring (bicyclic) bond motifs is 1. The fourth-order valence-corrected chi connectivity index (χ4v) is 2.94. The third kappa shape index (κ3) is 4.30. The largest absolute Gasteiger partial charge is 0.361 e. The second-order valence-corrected chi connectivity index (χ2v) is 7.41. The van der Waals surface area contributed by atoms with Crippen molar-refractivity contribution in [2.45, 2.75) is 33.5 Å². The summed E-state index contributed by atoms with van der Waals surface area (Å²) in [4.78, 5) is 10.6. The molecule has 1 aromatic carbocycles. The number of aromatic nitrogens is 3. The Labute approximate surface area is 164 Å². The lowest BCUT2D eigenvalue weighted by Crippen LogP contribution is -2.36. The summed E-state index contributed by atoms with van der Waals surface area (Å²) < 4.78 is 29.3. The van der Waals surface area contributed by atoms with Gasteiger partial charge in [0.1, 0.15) is 23.6 Å². The van der Waals surface area contributed by atoms with Gasteiger partial charge in [-0.15, -0.1) is 0 Å². The molecule has 5 nitrogen and oxygen atoms in total.